The number of hydrogen-bond donors (Lipinski definition) is 0. The molecule has 0 spiro atoms. The minimum atomic E-state index is -0.109. The van der Waals surface area contributed by atoms with Gasteiger partial charge in [0.1, 0.15) is 5.69 Å². The topological polar surface area (TPSA) is 85.0 Å². The summed E-state index contributed by atoms with van der Waals surface area (Å²) in [5.41, 5.74) is 2.04. The second-order valence-corrected chi connectivity index (χ2v) is 6.10. The third-order valence-corrected chi connectivity index (χ3v) is 4.30. The van der Waals surface area contributed by atoms with E-state index in [9.17, 15) is 4.79 Å². The molecule has 2 aromatic heterocycles. The monoisotopic (exact) mass is 335 g/mol. The second-order valence-electron chi connectivity index (χ2n) is 6.10. The number of aromatic nitrogens is 4. The summed E-state index contributed by atoms with van der Waals surface area (Å²) in [4.78, 5) is 27.1. The zero-order chi connectivity index (χ0) is 17.2. The van der Waals surface area contributed by atoms with Crippen LogP contribution in [0.15, 0.2) is 47.2 Å². The molecule has 0 N–H and O–H groups in total. The van der Waals surface area contributed by atoms with Gasteiger partial charge in [0.25, 0.3) is 11.8 Å². The van der Waals surface area contributed by atoms with Crippen LogP contribution in [0.2, 0.25) is 0 Å². The van der Waals surface area contributed by atoms with Crippen LogP contribution >= 0.6 is 0 Å². The lowest BCUT2D eigenvalue weighted by Crippen LogP contribution is -2.29. The van der Waals surface area contributed by atoms with Crippen molar-refractivity contribution in [2.24, 2.45) is 0 Å². The molecule has 0 radical (unpaired) electrons. The minimum Gasteiger partial charge on any atom is -0.337 e. The van der Waals surface area contributed by atoms with Crippen LogP contribution in [0.5, 0.6) is 0 Å². The molecular weight excluding hydrogens is 318 g/mol. The second kappa shape index (κ2) is 6.43. The normalized spacial score (nSPS) is 17.0. The van der Waals surface area contributed by atoms with Gasteiger partial charge >= 0.3 is 0 Å². The van der Waals surface area contributed by atoms with Crippen molar-refractivity contribution in [3.63, 3.8) is 0 Å². The molecular formula is C18H17N5O2. The van der Waals surface area contributed by atoms with E-state index in [1.54, 1.807) is 11.1 Å². The van der Waals surface area contributed by atoms with E-state index in [2.05, 4.69) is 20.1 Å². The van der Waals surface area contributed by atoms with Crippen molar-refractivity contribution in [2.75, 3.05) is 13.1 Å². The summed E-state index contributed by atoms with van der Waals surface area (Å²) in [7, 11) is 0. The smallest absolute Gasteiger partial charge is 0.274 e. The molecule has 1 atom stereocenters. The lowest BCUT2D eigenvalue weighted by molar-refractivity contribution is 0.0784. The number of carbonyl (C=O) groups is 1. The van der Waals surface area contributed by atoms with Crippen molar-refractivity contribution < 1.29 is 9.32 Å². The minimum absolute atomic E-state index is 0.0727. The van der Waals surface area contributed by atoms with Crippen LogP contribution in [-0.2, 0) is 0 Å². The maximum absolute atomic E-state index is 12.5. The van der Waals surface area contributed by atoms with Crippen LogP contribution in [-0.4, -0.2) is 44.0 Å². The molecule has 1 aliphatic heterocycles. The van der Waals surface area contributed by atoms with E-state index >= 15 is 0 Å². The van der Waals surface area contributed by atoms with E-state index in [1.807, 2.05) is 37.3 Å². The average molecular weight is 335 g/mol. The molecule has 0 unspecified atom stereocenters. The molecule has 0 aliphatic carbocycles. The summed E-state index contributed by atoms with van der Waals surface area (Å²) < 4.78 is 5.37. The molecule has 7 heteroatoms. The van der Waals surface area contributed by atoms with E-state index in [1.165, 1.54) is 6.20 Å². The highest BCUT2D eigenvalue weighted by Crippen LogP contribution is 2.28. The number of nitrogens with zero attached hydrogens (tertiary/aromatic N) is 5. The Labute approximate surface area is 144 Å². The maximum atomic E-state index is 12.5. The number of benzene rings is 1. The zero-order valence-corrected chi connectivity index (χ0v) is 13.8. The number of carbonyl (C=O) groups excluding carboxylic acids is 1. The Morgan fingerprint density at radius 3 is 2.80 bits per heavy atom. The van der Waals surface area contributed by atoms with Gasteiger partial charge in [-0.2, -0.15) is 4.98 Å². The Kier molecular flexibility index (Phi) is 3.97. The lowest BCUT2D eigenvalue weighted by Gasteiger charge is -2.14. The van der Waals surface area contributed by atoms with Crippen LogP contribution in [0.25, 0.3) is 11.5 Å². The first-order valence-electron chi connectivity index (χ1n) is 8.17. The Balaban J connectivity index is 1.47. The van der Waals surface area contributed by atoms with Crippen LogP contribution in [0.1, 0.15) is 34.3 Å². The average Bonchev–Trinajstić information content (AvgIpc) is 3.32. The Bertz CT molecular complexity index is 876. The molecule has 7 nitrogen and oxygen atoms in total. The van der Waals surface area contributed by atoms with Crippen LogP contribution in [0, 0.1) is 6.92 Å². The summed E-state index contributed by atoms with van der Waals surface area (Å²) in [6.45, 7) is 3.05. The van der Waals surface area contributed by atoms with Crippen molar-refractivity contribution in [3.8, 4) is 11.5 Å². The van der Waals surface area contributed by atoms with Crippen molar-refractivity contribution >= 4 is 5.91 Å². The predicted molar refractivity (Wildman–Crippen MR) is 89.8 cm³/mol. The summed E-state index contributed by atoms with van der Waals surface area (Å²) in [5, 5.41) is 4.10. The number of likely N-dealkylation sites (tertiary alicyclic amines) is 1. The molecule has 1 aromatic carbocycles. The largest absolute Gasteiger partial charge is 0.337 e. The van der Waals surface area contributed by atoms with Crippen molar-refractivity contribution in [1.82, 2.24) is 25.0 Å². The van der Waals surface area contributed by atoms with Crippen LogP contribution in [0.4, 0.5) is 0 Å². The fraction of sp³-hybridized carbons (Fsp3) is 0.278. The molecule has 1 fully saturated rings. The predicted octanol–water partition coefficient (Wildman–Crippen LogP) is 2.46. The number of hydrogen-bond acceptors (Lipinski definition) is 6. The van der Waals surface area contributed by atoms with Crippen molar-refractivity contribution in [2.45, 2.75) is 19.3 Å². The van der Waals surface area contributed by atoms with Gasteiger partial charge < -0.3 is 9.42 Å². The third kappa shape index (κ3) is 3.13. The first kappa shape index (κ1) is 15.4. The highest BCUT2D eigenvalue weighted by molar-refractivity contribution is 5.92. The fourth-order valence-corrected chi connectivity index (χ4v) is 2.92. The molecule has 4 rings (SSSR count). The van der Waals surface area contributed by atoms with E-state index in [0.717, 1.165) is 17.7 Å². The summed E-state index contributed by atoms with van der Waals surface area (Å²) in [6.07, 6.45) is 3.93. The Morgan fingerprint density at radius 1 is 1.20 bits per heavy atom. The molecule has 1 amide bonds. The first-order chi connectivity index (χ1) is 12.2. The van der Waals surface area contributed by atoms with Gasteiger partial charge in [-0.25, -0.2) is 4.98 Å². The van der Waals surface area contributed by atoms with Gasteiger partial charge in [-0.15, -0.1) is 0 Å². The van der Waals surface area contributed by atoms with E-state index in [-0.39, 0.29) is 11.8 Å². The van der Waals surface area contributed by atoms with Gasteiger partial charge in [0.05, 0.1) is 11.9 Å². The molecule has 0 saturated carbocycles. The molecule has 3 aromatic rings. The van der Waals surface area contributed by atoms with Crippen molar-refractivity contribution in [3.05, 3.63) is 59.9 Å². The van der Waals surface area contributed by atoms with Gasteiger partial charge in [-0.3, -0.25) is 9.78 Å². The highest BCUT2D eigenvalue weighted by atomic mass is 16.5. The highest BCUT2D eigenvalue weighted by Gasteiger charge is 2.31. The molecule has 0 bridgehead atoms. The number of amides is 1. The molecule has 126 valence electrons. The van der Waals surface area contributed by atoms with Gasteiger partial charge in [0, 0.05) is 30.8 Å². The standard InChI is InChI=1S/C18H17N5O2/c1-12-9-20-15(10-19-12)18(24)23-8-7-14(11-23)16-21-17(25-22-16)13-5-3-2-4-6-13/h2-6,9-10,14H,7-8,11H2,1H3/t14-/m1/s1. The Hall–Kier alpha value is -3.09. The maximum Gasteiger partial charge on any atom is 0.274 e. The van der Waals surface area contributed by atoms with Crippen LogP contribution < -0.4 is 0 Å². The first-order valence-corrected chi connectivity index (χ1v) is 8.17. The zero-order valence-electron chi connectivity index (χ0n) is 13.8. The quantitative estimate of drug-likeness (QED) is 0.731. The molecule has 1 saturated heterocycles. The van der Waals surface area contributed by atoms with E-state index in [0.29, 0.717) is 30.5 Å². The SMILES string of the molecule is Cc1cnc(C(=O)N2CC[C@@H](c3noc(-c4ccccc4)n3)C2)cn1. The van der Waals surface area contributed by atoms with Crippen LogP contribution in [0.3, 0.4) is 0 Å². The van der Waals surface area contributed by atoms with Crippen molar-refractivity contribution in [1.29, 1.82) is 0 Å². The summed E-state index contributed by atoms with van der Waals surface area (Å²) in [6, 6.07) is 9.65. The third-order valence-electron chi connectivity index (χ3n) is 4.30. The summed E-state index contributed by atoms with van der Waals surface area (Å²) in [5.74, 6) is 1.11. The Morgan fingerprint density at radius 2 is 2.04 bits per heavy atom. The number of aryl methyl sites for hydroxylation is 1. The van der Waals surface area contributed by atoms with E-state index in [4.69, 9.17) is 4.52 Å². The van der Waals surface area contributed by atoms with Gasteiger partial charge in [0.15, 0.2) is 5.82 Å². The fourth-order valence-electron chi connectivity index (χ4n) is 2.92. The van der Waals surface area contributed by atoms with Gasteiger partial charge in [0.2, 0.25) is 0 Å². The number of rotatable bonds is 3. The van der Waals surface area contributed by atoms with Gasteiger partial charge in [-0.05, 0) is 25.5 Å². The lowest BCUT2D eigenvalue weighted by atomic mass is 10.1. The summed E-state index contributed by atoms with van der Waals surface area (Å²) >= 11 is 0. The molecule has 25 heavy (non-hydrogen) atoms. The van der Waals surface area contributed by atoms with Gasteiger partial charge in [-0.1, -0.05) is 23.4 Å². The molecule has 3 heterocycles. The van der Waals surface area contributed by atoms with E-state index < -0.39 is 0 Å². The molecule has 1 aliphatic rings.